The van der Waals surface area contributed by atoms with Gasteiger partial charge < -0.3 is 15.0 Å². The summed E-state index contributed by atoms with van der Waals surface area (Å²) in [4.78, 5) is 28.6. The Balaban J connectivity index is 1.66. The Kier molecular flexibility index (Phi) is 10.7. The highest BCUT2D eigenvalue weighted by molar-refractivity contribution is 7.92. The third kappa shape index (κ3) is 8.73. The van der Waals surface area contributed by atoms with Crippen LogP contribution >= 0.6 is 23.2 Å². The standard InChI is InChI=1S/C32H31Cl2N3O5S/c1-35-32(39)30(20-23-9-5-3-6-10-23)36(21-24-13-18-28(33)29(34)19-24)31(38)22-37(43(2,40)41)25-14-16-27(17-15-25)42-26-11-7-4-8-12-26/h3-19,30H,20-22H2,1-2H3,(H,35,39)/t30-/m1/s1. The van der Waals surface area contributed by atoms with Gasteiger partial charge in [0.2, 0.25) is 21.8 Å². The van der Waals surface area contributed by atoms with E-state index in [1.807, 2.05) is 48.5 Å². The molecular formula is C32H31Cl2N3O5S. The van der Waals surface area contributed by atoms with Crippen LogP contribution in [0.25, 0.3) is 0 Å². The number of nitrogens with one attached hydrogen (secondary N) is 1. The number of hydrogen-bond acceptors (Lipinski definition) is 5. The monoisotopic (exact) mass is 639 g/mol. The highest BCUT2D eigenvalue weighted by atomic mass is 35.5. The van der Waals surface area contributed by atoms with Crippen molar-refractivity contribution in [2.45, 2.75) is 19.0 Å². The summed E-state index contributed by atoms with van der Waals surface area (Å²) in [5.41, 5.74) is 1.72. The molecule has 0 aliphatic rings. The normalized spacial score (nSPS) is 11.8. The minimum Gasteiger partial charge on any atom is -0.457 e. The van der Waals surface area contributed by atoms with Crippen molar-refractivity contribution in [3.05, 3.63) is 124 Å². The van der Waals surface area contributed by atoms with E-state index in [9.17, 15) is 18.0 Å². The van der Waals surface area contributed by atoms with E-state index in [4.69, 9.17) is 27.9 Å². The molecule has 0 heterocycles. The molecule has 43 heavy (non-hydrogen) atoms. The number of nitrogens with zero attached hydrogens (tertiary/aromatic N) is 2. The lowest BCUT2D eigenvalue weighted by atomic mass is 10.0. The van der Waals surface area contributed by atoms with Gasteiger partial charge in [-0.2, -0.15) is 0 Å². The first kappa shape index (κ1) is 31.9. The van der Waals surface area contributed by atoms with Crippen LogP contribution in [0.3, 0.4) is 0 Å². The number of likely N-dealkylation sites (N-methyl/N-ethyl adjacent to an activating group) is 1. The van der Waals surface area contributed by atoms with Gasteiger partial charge in [-0.3, -0.25) is 13.9 Å². The van der Waals surface area contributed by atoms with Gasteiger partial charge in [-0.25, -0.2) is 8.42 Å². The second kappa shape index (κ2) is 14.4. The van der Waals surface area contributed by atoms with Crippen molar-refractivity contribution in [1.82, 2.24) is 10.2 Å². The van der Waals surface area contributed by atoms with E-state index < -0.39 is 34.4 Å². The summed E-state index contributed by atoms with van der Waals surface area (Å²) < 4.78 is 32.8. The molecule has 11 heteroatoms. The molecule has 224 valence electrons. The zero-order valence-electron chi connectivity index (χ0n) is 23.6. The van der Waals surface area contributed by atoms with E-state index in [0.29, 0.717) is 27.1 Å². The second-order valence-electron chi connectivity index (χ2n) is 9.77. The number of rotatable bonds is 12. The Labute approximate surface area is 261 Å². The van der Waals surface area contributed by atoms with Crippen LogP contribution in [0, 0.1) is 0 Å². The van der Waals surface area contributed by atoms with Gasteiger partial charge in [0, 0.05) is 20.0 Å². The number of hydrogen-bond donors (Lipinski definition) is 1. The molecular weight excluding hydrogens is 609 g/mol. The number of benzene rings is 4. The van der Waals surface area contributed by atoms with Crippen LogP contribution in [0.5, 0.6) is 11.5 Å². The summed E-state index contributed by atoms with van der Waals surface area (Å²) >= 11 is 12.4. The number of halogens is 2. The van der Waals surface area contributed by atoms with Crippen molar-refractivity contribution in [2.24, 2.45) is 0 Å². The maximum Gasteiger partial charge on any atom is 0.244 e. The highest BCUT2D eigenvalue weighted by Gasteiger charge is 2.32. The fraction of sp³-hybridized carbons (Fsp3) is 0.188. The molecule has 0 aliphatic carbocycles. The molecule has 4 aromatic rings. The van der Waals surface area contributed by atoms with Crippen molar-refractivity contribution in [3.63, 3.8) is 0 Å². The summed E-state index contributed by atoms with van der Waals surface area (Å²) in [7, 11) is -2.42. The number of amides is 2. The van der Waals surface area contributed by atoms with E-state index in [2.05, 4.69) is 5.32 Å². The van der Waals surface area contributed by atoms with Crippen LogP contribution in [0.1, 0.15) is 11.1 Å². The molecule has 2 amide bonds. The molecule has 1 atom stereocenters. The van der Waals surface area contributed by atoms with Gasteiger partial charge in [0.15, 0.2) is 0 Å². The Morgan fingerprint density at radius 2 is 1.42 bits per heavy atom. The van der Waals surface area contributed by atoms with Crippen molar-refractivity contribution >= 4 is 50.7 Å². The fourth-order valence-corrected chi connectivity index (χ4v) is 5.64. The van der Waals surface area contributed by atoms with Crippen molar-refractivity contribution < 1.29 is 22.7 Å². The molecule has 1 N–H and O–H groups in total. The van der Waals surface area contributed by atoms with Gasteiger partial charge in [0.1, 0.15) is 24.1 Å². The molecule has 0 aromatic heterocycles. The molecule has 0 aliphatic heterocycles. The van der Waals surface area contributed by atoms with Crippen LogP contribution in [0.2, 0.25) is 10.0 Å². The van der Waals surface area contributed by atoms with Crippen molar-refractivity contribution in [2.75, 3.05) is 24.2 Å². The van der Waals surface area contributed by atoms with Gasteiger partial charge in [-0.05, 0) is 59.7 Å². The lowest BCUT2D eigenvalue weighted by Gasteiger charge is -2.33. The molecule has 0 saturated heterocycles. The molecule has 4 aromatic carbocycles. The quantitative estimate of drug-likeness (QED) is 0.207. The average Bonchev–Trinajstić information content (AvgIpc) is 3.00. The number of ether oxygens (including phenoxy) is 1. The SMILES string of the molecule is CNC(=O)[C@@H](Cc1ccccc1)N(Cc1ccc(Cl)c(Cl)c1)C(=O)CN(c1ccc(Oc2ccccc2)cc1)S(C)(=O)=O. The van der Waals surface area contributed by atoms with Crippen molar-refractivity contribution in [1.29, 1.82) is 0 Å². The third-order valence-corrected chi connectivity index (χ3v) is 8.52. The Bertz CT molecular complexity index is 1650. The van der Waals surface area contributed by atoms with E-state index in [-0.39, 0.29) is 18.7 Å². The predicted octanol–water partition coefficient (Wildman–Crippen LogP) is 5.94. The predicted molar refractivity (Wildman–Crippen MR) is 170 cm³/mol. The third-order valence-electron chi connectivity index (χ3n) is 6.64. The minimum atomic E-state index is -3.91. The van der Waals surface area contributed by atoms with Crippen LogP contribution in [-0.4, -0.2) is 51.0 Å². The summed E-state index contributed by atoms with van der Waals surface area (Å²) in [6.45, 7) is -0.552. The number of para-hydroxylation sites is 1. The van der Waals surface area contributed by atoms with E-state index in [1.54, 1.807) is 54.6 Å². The molecule has 4 rings (SSSR count). The molecule has 8 nitrogen and oxygen atoms in total. The van der Waals surface area contributed by atoms with Crippen LogP contribution < -0.4 is 14.4 Å². The average molecular weight is 641 g/mol. The number of carbonyl (C=O) groups is 2. The Hall–Kier alpha value is -4.05. The summed E-state index contributed by atoms with van der Waals surface area (Å²) in [6, 6.07) is 28.8. The van der Waals surface area contributed by atoms with Crippen LogP contribution in [-0.2, 0) is 32.6 Å². The summed E-state index contributed by atoms with van der Waals surface area (Å²) in [5, 5.41) is 3.28. The molecule has 0 fully saturated rings. The Morgan fingerprint density at radius 3 is 2.00 bits per heavy atom. The topological polar surface area (TPSA) is 96.0 Å². The first-order valence-corrected chi connectivity index (χ1v) is 15.9. The van der Waals surface area contributed by atoms with Gasteiger partial charge in [-0.15, -0.1) is 0 Å². The van der Waals surface area contributed by atoms with Gasteiger partial charge in [-0.1, -0.05) is 77.8 Å². The van der Waals surface area contributed by atoms with Crippen LogP contribution in [0.15, 0.2) is 103 Å². The number of carbonyl (C=O) groups excluding carboxylic acids is 2. The maximum absolute atomic E-state index is 14.0. The van der Waals surface area contributed by atoms with Gasteiger partial charge in [0.05, 0.1) is 22.0 Å². The van der Waals surface area contributed by atoms with E-state index >= 15 is 0 Å². The molecule has 0 spiro atoms. The van der Waals surface area contributed by atoms with Crippen molar-refractivity contribution in [3.8, 4) is 11.5 Å². The number of anilines is 1. The maximum atomic E-state index is 14.0. The second-order valence-corrected chi connectivity index (χ2v) is 12.5. The summed E-state index contributed by atoms with van der Waals surface area (Å²) in [5.74, 6) is 0.150. The first-order valence-electron chi connectivity index (χ1n) is 13.3. The van der Waals surface area contributed by atoms with E-state index in [0.717, 1.165) is 16.1 Å². The zero-order chi connectivity index (χ0) is 31.0. The zero-order valence-corrected chi connectivity index (χ0v) is 25.9. The van der Waals surface area contributed by atoms with E-state index in [1.165, 1.54) is 11.9 Å². The summed E-state index contributed by atoms with van der Waals surface area (Å²) in [6.07, 6.45) is 1.23. The smallest absolute Gasteiger partial charge is 0.244 e. The largest absolute Gasteiger partial charge is 0.457 e. The molecule has 0 saturated carbocycles. The van der Waals surface area contributed by atoms with Gasteiger partial charge in [0.25, 0.3) is 0 Å². The van der Waals surface area contributed by atoms with Crippen LogP contribution in [0.4, 0.5) is 5.69 Å². The lowest BCUT2D eigenvalue weighted by molar-refractivity contribution is -0.139. The Morgan fingerprint density at radius 1 is 0.814 bits per heavy atom. The van der Waals surface area contributed by atoms with Gasteiger partial charge >= 0.3 is 0 Å². The fourth-order valence-electron chi connectivity index (χ4n) is 4.47. The minimum absolute atomic E-state index is 0.0118. The molecule has 0 unspecified atom stereocenters. The molecule has 0 radical (unpaired) electrons. The lowest BCUT2D eigenvalue weighted by Crippen LogP contribution is -2.52. The highest BCUT2D eigenvalue weighted by Crippen LogP contribution is 2.27. The number of sulfonamides is 1. The molecule has 0 bridgehead atoms. The first-order chi connectivity index (χ1) is 20.5.